The molecule has 2 rings (SSSR count). The Bertz CT molecular complexity index is 419. The summed E-state index contributed by atoms with van der Waals surface area (Å²) in [5.41, 5.74) is -0.235. The van der Waals surface area contributed by atoms with E-state index in [0.717, 1.165) is 45.4 Å². The molecule has 1 amide bonds. The van der Waals surface area contributed by atoms with Crippen molar-refractivity contribution in [3.8, 4) is 0 Å². The Hall–Kier alpha value is -1.43. The summed E-state index contributed by atoms with van der Waals surface area (Å²) in [5, 5.41) is 10.7. The van der Waals surface area contributed by atoms with Gasteiger partial charge >= 0.3 is 0 Å². The quantitative estimate of drug-likeness (QED) is 0.786. The average Bonchev–Trinajstić information content (AvgIpc) is 2.96. The van der Waals surface area contributed by atoms with Gasteiger partial charge in [-0.2, -0.15) is 0 Å². The molecule has 0 aliphatic carbocycles. The summed E-state index contributed by atoms with van der Waals surface area (Å²) in [4.78, 5) is 14.7. The second-order valence-electron chi connectivity index (χ2n) is 5.81. The summed E-state index contributed by atoms with van der Waals surface area (Å²) >= 11 is 0. The van der Waals surface area contributed by atoms with Gasteiger partial charge in [-0.3, -0.25) is 9.48 Å². The molecule has 112 valence electrons. The van der Waals surface area contributed by atoms with Crippen LogP contribution < -0.4 is 5.32 Å². The van der Waals surface area contributed by atoms with Crippen molar-refractivity contribution in [1.82, 2.24) is 25.2 Å². The fourth-order valence-electron chi connectivity index (χ4n) is 2.81. The molecule has 0 unspecified atom stereocenters. The Labute approximate surface area is 120 Å². The molecule has 1 fully saturated rings. The molecule has 2 heterocycles. The zero-order valence-electron chi connectivity index (χ0n) is 12.5. The fraction of sp³-hybridized carbons (Fsp3) is 0.786. The molecule has 0 saturated carbocycles. The summed E-state index contributed by atoms with van der Waals surface area (Å²) in [6.07, 6.45) is 6.47. The van der Waals surface area contributed by atoms with Crippen LogP contribution in [0.5, 0.6) is 0 Å². The number of carbonyl (C=O) groups excluding carboxylic acids is 1. The Morgan fingerprint density at radius 1 is 1.50 bits per heavy atom. The molecule has 1 aromatic heterocycles. The van der Waals surface area contributed by atoms with Gasteiger partial charge in [0.15, 0.2) is 0 Å². The average molecular weight is 279 g/mol. The summed E-state index contributed by atoms with van der Waals surface area (Å²) in [5.74, 6) is 0.189. The van der Waals surface area contributed by atoms with E-state index >= 15 is 0 Å². The number of amides is 1. The van der Waals surface area contributed by atoms with E-state index in [2.05, 4.69) is 34.4 Å². The number of aryl methyl sites for hydroxylation is 1. The lowest BCUT2D eigenvalue weighted by molar-refractivity contribution is -0.133. The van der Waals surface area contributed by atoms with E-state index in [-0.39, 0.29) is 11.3 Å². The maximum Gasteiger partial charge on any atom is 0.227 e. The normalized spacial score (nSPS) is 23.7. The molecular formula is C14H25N5O. The Morgan fingerprint density at radius 2 is 2.35 bits per heavy atom. The summed E-state index contributed by atoms with van der Waals surface area (Å²) in [6.45, 7) is 8.74. The molecule has 0 radical (unpaired) electrons. The van der Waals surface area contributed by atoms with Crippen LogP contribution in [0.2, 0.25) is 0 Å². The van der Waals surface area contributed by atoms with Gasteiger partial charge in [0.05, 0.1) is 11.6 Å². The van der Waals surface area contributed by atoms with E-state index in [0.29, 0.717) is 6.54 Å². The van der Waals surface area contributed by atoms with Crippen LogP contribution in [0, 0.1) is 5.41 Å². The van der Waals surface area contributed by atoms with Crippen LogP contribution in [-0.2, 0) is 11.3 Å². The van der Waals surface area contributed by atoms with Gasteiger partial charge in [-0.1, -0.05) is 12.1 Å². The lowest BCUT2D eigenvalue weighted by Gasteiger charge is -2.38. The molecule has 0 aromatic carbocycles. The van der Waals surface area contributed by atoms with Crippen LogP contribution in [0.4, 0.5) is 0 Å². The summed E-state index contributed by atoms with van der Waals surface area (Å²) < 4.78 is 1.79. The molecule has 0 spiro atoms. The van der Waals surface area contributed by atoms with Crippen LogP contribution in [0.15, 0.2) is 12.4 Å². The van der Waals surface area contributed by atoms with Crippen molar-refractivity contribution in [2.45, 2.75) is 39.7 Å². The molecule has 20 heavy (non-hydrogen) atoms. The van der Waals surface area contributed by atoms with Crippen molar-refractivity contribution in [3.63, 3.8) is 0 Å². The summed E-state index contributed by atoms with van der Waals surface area (Å²) in [6, 6.07) is 0. The maximum atomic E-state index is 12.4. The number of hydrogen-bond donors (Lipinski definition) is 1. The van der Waals surface area contributed by atoms with Gasteiger partial charge < -0.3 is 10.2 Å². The molecule has 1 aliphatic heterocycles. The van der Waals surface area contributed by atoms with Gasteiger partial charge in [-0.05, 0) is 39.3 Å². The number of likely N-dealkylation sites (tertiary alicyclic amines) is 1. The molecule has 6 heteroatoms. The maximum absolute atomic E-state index is 12.4. The van der Waals surface area contributed by atoms with Gasteiger partial charge in [-0.15, -0.1) is 5.10 Å². The number of carbonyl (C=O) groups is 1. The zero-order chi connectivity index (χ0) is 14.4. The van der Waals surface area contributed by atoms with Crippen molar-refractivity contribution >= 4 is 5.91 Å². The van der Waals surface area contributed by atoms with Crippen molar-refractivity contribution in [1.29, 1.82) is 0 Å². The first-order valence-electron chi connectivity index (χ1n) is 7.49. The molecule has 6 nitrogen and oxygen atoms in total. The molecule has 1 aliphatic rings. The van der Waals surface area contributed by atoms with E-state index < -0.39 is 0 Å². The minimum absolute atomic E-state index is 0.189. The molecule has 1 atom stereocenters. The predicted octanol–water partition coefficient (Wildman–Crippen LogP) is 0.906. The second-order valence-corrected chi connectivity index (χ2v) is 5.81. The monoisotopic (exact) mass is 279 g/mol. The third kappa shape index (κ3) is 3.79. The van der Waals surface area contributed by atoms with E-state index in [1.54, 1.807) is 10.9 Å². The van der Waals surface area contributed by atoms with Crippen LogP contribution in [0.25, 0.3) is 0 Å². The molecular weight excluding hydrogens is 254 g/mol. The van der Waals surface area contributed by atoms with Gasteiger partial charge in [0.25, 0.3) is 0 Å². The lowest BCUT2D eigenvalue weighted by atomic mass is 9.81. The fourth-order valence-corrected chi connectivity index (χ4v) is 2.81. The largest absolute Gasteiger partial charge is 0.356 e. The smallest absolute Gasteiger partial charge is 0.227 e. The van der Waals surface area contributed by atoms with E-state index in [1.807, 2.05) is 6.20 Å². The Kier molecular flexibility index (Phi) is 5.11. The van der Waals surface area contributed by atoms with Crippen LogP contribution in [-0.4, -0.2) is 52.0 Å². The number of hydrogen-bond acceptors (Lipinski definition) is 4. The number of rotatable bonds is 6. The third-order valence-electron chi connectivity index (χ3n) is 4.09. The third-order valence-corrected chi connectivity index (χ3v) is 4.09. The molecule has 0 bridgehead atoms. The highest BCUT2D eigenvalue weighted by molar-refractivity contribution is 5.82. The van der Waals surface area contributed by atoms with Crippen molar-refractivity contribution < 1.29 is 4.79 Å². The second kappa shape index (κ2) is 6.83. The Balaban J connectivity index is 1.73. The van der Waals surface area contributed by atoms with Crippen LogP contribution in [0.1, 0.15) is 33.1 Å². The lowest BCUT2D eigenvalue weighted by Crippen LogP contribution is -2.50. The van der Waals surface area contributed by atoms with Gasteiger partial charge in [-0.25, -0.2) is 0 Å². The topological polar surface area (TPSA) is 63.1 Å². The highest BCUT2D eigenvalue weighted by Gasteiger charge is 2.36. The molecule has 1 saturated heterocycles. The SMILES string of the molecule is CCN1CCC[C@](C)(C(=O)NCCCn2ccnn2)C1. The first-order valence-corrected chi connectivity index (χ1v) is 7.49. The molecule has 1 N–H and O–H groups in total. The van der Waals surface area contributed by atoms with Crippen molar-refractivity contribution in [2.75, 3.05) is 26.2 Å². The van der Waals surface area contributed by atoms with E-state index in [9.17, 15) is 4.79 Å². The van der Waals surface area contributed by atoms with Crippen LogP contribution >= 0.6 is 0 Å². The first kappa shape index (κ1) is 15.0. The van der Waals surface area contributed by atoms with Gasteiger partial charge in [0.1, 0.15) is 0 Å². The van der Waals surface area contributed by atoms with Crippen molar-refractivity contribution in [3.05, 3.63) is 12.4 Å². The minimum atomic E-state index is -0.235. The standard InChI is InChI=1S/C14H25N5O/c1-3-18-9-4-6-14(2,12-18)13(20)15-7-5-10-19-11-8-16-17-19/h8,11H,3-7,9-10,12H2,1-2H3,(H,15,20)/t14-/m0/s1. The highest BCUT2D eigenvalue weighted by atomic mass is 16.2. The molecule has 1 aromatic rings. The van der Waals surface area contributed by atoms with Gasteiger partial charge in [0, 0.05) is 25.8 Å². The minimum Gasteiger partial charge on any atom is -0.356 e. The number of nitrogens with zero attached hydrogens (tertiary/aromatic N) is 4. The van der Waals surface area contributed by atoms with E-state index in [1.165, 1.54) is 0 Å². The Morgan fingerprint density at radius 3 is 3.05 bits per heavy atom. The predicted molar refractivity (Wildman–Crippen MR) is 77.1 cm³/mol. The first-order chi connectivity index (χ1) is 9.64. The zero-order valence-corrected chi connectivity index (χ0v) is 12.5. The van der Waals surface area contributed by atoms with Gasteiger partial charge in [0.2, 0.25) is 5.91 Å². The number of nitrogens with one attached hydrogen (secondary N) is 1. The highest BCUT2D eigenvalue weighted by Crippen LogP contribution is 2.29. The summed E-state index contributed by atoms with van der Waals surface area (Å²) in [7, 11) is 0. The van der Waals surface area contributed by atoms with Crippen LogP contribution in [0.3, 0.4) is 0 Å². The number of aromatic nitrogens is 3. The van der Waals surface area contributed by atoms with Crippen molar-refractivity contribution in [2.24, 2.45) is 5.41 Å². The van der Waals surface area contributed by atoms with E-state index in [4.69, 9.17) is 0 Å². The number of piperidine rings is 1.